The van der Waals surface area contributed by atoms with Crippen LogP contribution >= 0.6 is 11.8 Å². The first kappa shape index (κ1) is 17.6. The van der Waals surface area contributed by atoms with Gasteiger partial charge in [0, 0.05) is 4.91 Å². The number of azide groups is 1. The molecule has 0 amide bonds. The molecule has 2 unspecified atom stereocenters. The summed E-state index contributed by atoms with van der Waals surface area (Å²) in [7, 11) is 0. The van der Waals surface area contributed by atoms with Gasteiger partial charge in [0.25, 0.3) is 0 Å². The summed E-state index contributed by atoms with van der Waals surface area (Å²) in [5.41, 5.74) is 8.41. The predicted octanol–water partition coefficient (Wildman–Crippen LogP) is 1.33. The largest absolute Gasteiger partial charge is 0.455 e. The average molecular weight is 339 g/mol. The highest BCUT2D eigenvalue weighted by Gasteiger charge is 2.46. The maximum Gasteiger partial charge on any atom is 0.338 e. The van der Waals surface area contributed by atoms with Gasteiger partial charge >= 0.3 is 5.97 Å². The van der Waals surface area contributed by atoms with Gasteiger partial charge in [-0.25, -0.2) is 4.79 Å². The monoisotopic (exact) mass is 339 g/mol. The van der Waals surface area contributed by atoms with Crippen LogP contribution in [-0.2, 0) is 9.47 Å². The number of carbonyl (C=O) groups is 1. The maximum atomic E-state index is 12.2. The predicted molar refractivity (Wildman–Crippen MR) is 83.8 cm³/mol. The number of ether oxygens (including phenoxy) is 2. The van der Waals surface area contributed by atoms with Crippen LogP contribution in [0.2, 0.25) is 0 Å². The van der Waals surface area contributed by atoms with Crippen molar-refractivity contribution in [3.05, 3.63) is 46.3 Å². The number of hydrogen-bond donors (Lipinski definition) is 2. The molecule has 1 aliphatic rings. The van der Waals surface area contributed by atoms with Crippen LogP contribution in [0.5, 0.6) is 0 Å². The lowest BCUT2D eigenvalue weighted by Crippen LogP contribution is -2.58. The molecule has 9 heteroatoms. The lowest BCUT2D eigenvalue weighted by Gasteiger charge is -2.41. The van der Waals surface area contributed by atoms with Crippen molar-refractivity contribution in [3.63, 3.8) is 0 Å². The van der Waals surface area contributed by atoms with E-state index in [1.54, 1.807) is 36.6 Å². The molecule has 0 aliphatic carbocycles. The average Bonchev–Trinajstić information content (AvgIpc) is 2.59. The Morgan fingerprint density at radius 3 is 2.74 bits per heavy atom. The molecule has 23 heavy (non-hydrogen) atoms. The van der Waals surface area contributed by atoms with Crippen molar-refractivity contribution in [2.24, 2.45) is 5.11 Å². The Balaban J connectivity index is 2.25. The summed E-state index contributed by atoms with van der Waals surface area (Å²) >= 11 is 1.24. The molecule has 1 saturated heterocycles. The Kier molecular flexibility index (Phi) is 6.26. The first-order valence-corrected chi connectivity index (χ1v) is 8.18. The minimum atomic E-state index is -1.30. The molecule has 1 aromatic rings. The highest BCUT2D eigenvalue weighted by Crippen LogP contribution is 2.31. The van der Waals surface area contributed by atoms with Gasteiger partial charge in [-0.1, -0.05) is 23.3 Å². The molecule has 2 N–H and O–H groups in total. The van der Waals surface area contributed by atoms with E-state index in [9.17, 15) is 15.0 Å². The molecule has 124 valence electrons. The molecule has 8 nitrogen and oxygen atoms in total. The van der Waals surface area contributed by atoms with Crippen molar-refractivity contribution >= 4 is 17.7 Å². The van der Waals surface area contributed by atoms with Gasteiger partial charge in [-0.3, -0.25) is 0 Å². The van der Waals surface area contributed by atoms with Crippen molar-refractivity contribution in [1.29, 1.82) is 0 Å². The summed E-state index contributed by atoms with van der Waals surface area (Å²) < 4.78 is 10.8. The Labute approximate surface area is 137 Å². The van der Waals surface area contributed by atoms with Crippen LogP contribution in [0.4, 0.5) is 0 Å². The quantitative estimate of drug-likeness (QED) is 0.361. The third-order valence-electron chi connectivity index (χ3n) is 3.49. The Bertz CT molecular complexity index is 581. The van der Waals surface area contributed by atoms with E-state index in [-0.39, 0.29) is 0 Å². The Morgan fingerprint density at radius 2 is 2.17 bits per heavy atom. The van der Waals surface area contributed by atoms with Crippen LogP contribution in [0.15, 0.2) is 35.4 Å². The second-order valence-electron chi connectivity index (χ2n) is 4.88. The number of rotatable bonds is 5. The molecule has 2 rings (SSSR count). The van der Waals surface area contributed by atoms with Crippen molar-refractivity contribution in [3.8, 4) is 0 Å². The smallest absolute Gasteiger partial charge is 0.338 e. The molecule has 0 bridgehead atoms. The van der Waals surface area contributed by atoms with E-state index in [2.05, 4.69) is 10.0 Å². The fourth-order valence-corrected chi connectivity index (χ4v) is 3.07. The number of hydrogen-bond acceptors (Lipinski definition) is 7. The second kappa shape index (κ2) is 8.19. The highest BCUT2D eigenvalue weighted by molar-refractivity contribution is 7.99. The molecule has 1 aliphatic heterocycles. The number of benzene rings is 1. The van der Waals surface area contributed by atoms with Gasteiger partial charge in [0.15, 0.2) is 0 Å². The minimum Gasteiger partial charge on any atom is -0.455 e. The number of aliphatic hydroxyl groups excluding tert-OH is 2. The van der Waals surface area contributed by atoms with E-state index in [1.807, 2.05) is 0 Å². The first-order chi connectivity index (χ1) is 11.1. The topological polar surface area (TPSA) is 125 Å². The van der Waals surface area contributed by atoms with E-state index in [1.165, 1.54) is 11.8 Å². The van der Waals surface area contributed by atoms with Gasteiger partial charge in [0.1, 0.15) is 29.8 Å². The molecule has 0 radical (unpaired) electrons. The van der Waals surface area contributed by atoms with Crippen LogP contribution < -0.4 is 0 Å². The summed E-state index contributed by atoms with van der Waals surface area (Å²) in [5.74, 6) is -0.647. The lowest BCUT2D eigenvalue weighted by atomic mass is 9.98. The summed E-state index contributed by atoms with van der Waals surface area (Å²) in [6.07, 6.45) is -1.60. The Morgan fingerprint density at radius 1 is 1.48 bits per heavy atom. The zero-order chi connectivity index (χ0) is 16.8. The van der Waals surface area contributed by atoms with Crippen LogP contribution in [-0.4, -0.2) is 58.8 Å². The van der Waals surface area contributed by atoms with Gasteiger partial charge in [0.2, 0.25) is 0 Å². The van der Waals surface area contributed by atoms with Gasteiger partial charge < -0.3 is 19.7 Å². The molecule has 0 saturated carbocycles. The Hall–Kier alpha value is -1.77. The van der Waals surface area contributed by atoms with Gasteiger partial charge in [0.05, 0.1) is 12.2 Å². The lowest BCUT2D eigenvalue weighted by molar-refractivity contribution is -0.167. The molecular formula is C14H17N3O5S. The zero-order valence-corrected chi connectivity index (χ0v) is 13.2. The molecule has 0 spiro atoms. The number of nitrogens with zero attached hydrogens (tertiary/aromatic N) is 3. The molecule has 1 fully saturated rings. The number of aliphatic hydroxyl groups is 2. The van der Waals surface area contributed by atoms with Crippen molar-refractivity contribution in [2.45, 2.75) is 29.8 Å². The minimum absolute atomic E-state index is 0.312. The number of carbonyl (C=O) groups excluding carboxylic acids is 1. The van der Waals surface area contributed by atoms with Crippen LogP contribution in [0.1, 0.15) is 10.4 Å². The zero-order valence-electron chi connectivity index (χ0n) is 12.3. The van der Waals surface area contributed by atoms with Crippen molar-refractivity contribution < 1.29 is 24.5 Å². The van der Waals surface area contributed by atoms with Crippen molar-refractivity contribution in [2.75, 3.05) is 12.9 Å². The SMILES string of the molecule is CS[C@@H]1OC(CO)[C@@H](O)C(OC(=O)c2ccccc2)[C@@H]1N=[N+]=[N-]. The van der Waals surface area contributed by atoms with E-state index >= 15 is 0 Å². The van der Waals surface area contributed by atoms with Crippen LogP contribution in [0, 0.1) is 0 Å². The summed E-state index contributed by atoms with van der Waals surface area (Å²) in [6, 6.07) is 7.37. The van der Waals surface area contributed by atoms with Gasteiger partial charge in [-0.05, 0) is 23.9 Å². The standard InChI is InChI=1S/C14H17N3O5S/c1-23-14-10(16-17-15)12(11(19)9(7-18)21-14)22-13(20)8-5-3-2-4-6-8/h2-6,9-12,14,18-19H,7H2,1H3/t9?,10-,11+,12?,14-/m0/s1. The fraction of sp³-hybridized carbons (Fsp3) is 0.500. The normalized spacial score (nSPS) is 30.3. The van der Waals surface area contributed by atoms with E-state index in [4.69, 9.17) is 15.0 Å². The van der Waals surface area contributed by atoms with E-state index in [0.717, 1.165) is 0 Å². The first-order valence-electron chi connectivity index (χ1n) is 6.89. The fourth-order valence-electron chi connectivity index (χ4n) is 2.33. The van der Waals surface area contributed by atoms with Crippen LogP contribution in [0.3, 0.4) is 0 Å². The second-order valence-corrected chi connectivity index (χ2v) is 5.82. The molecule has 1 heterocycles. The van der Waals surface area contributed by atoms with Gasteiger partial charge in [-0.15, -0.1) is 11.8 Å². The van der Waals surface area contributed by atoms with Gasteiger partial charge in [-0.2, -0.15) is 0 Å². The molecule has 5 atom stereocenters. The van der Waals surface area contributed by atoms with Crippen LogP contribution in [0.25, 0.3) is 10.4 Å². The highest BCUT2D eigenvalue weighted by atomic mass is 32.2. The van der Waals surface area contributed by atoms with Crippen molar-refractivity contribution in [1.82, 2.24) is 0 Å². The number of thioether (sulfide) groups is 1. The summed E-state index contributed by atoms with van der Waals surface area (Å²) in [6.45, 7) is -0.444. The molecule has 1 aromatic carbocycles. The summed E-state index contributed by atoms with van der Waals surface area (Å²) in [5, 5.41) is 23.2. The third-order valence-corrected chi connectivity index (χ3v) is 4.35. The number of esters is 1. The molecular weight excluding hydrogens is 322 g/mol. The maximum absolute atomic E-state index is 12.2. The van der Waals surface area contributed by atoms with E-state index in [0.29, 0.717) is 5.56 Å². The summed E-state index contributed by atoms with van der Waals surface area (Å²) in [4.78, 5) is 15.0. The van der Waals surface area contributed by atoms with E-state index < -0.39 is 42.4 Å². The third kappa shape index (κ3) is 3.95. The molecule has 0 aromatic heterocycles.